The van der Waals surface area contributed by atoms with Crippen LogP contribution in [0.5, 0.6) is 0 Å². The number of fused-ring (bicyclic) bond motifs is 2. The van der Waals surface area contributed by atoms with Gasteiger partial charge < -0.3 is 14.6 Å². The van der Waals surface area contributed by atoms with Crippen LogP contribution in [-0.2, 0) is 4.74 Å². The zero-order chi connectivity index (χ0) is 17.5. The lowest BCUT2D eigenvalue weighted by molar-refractivity contribution is 0.0304. The van der Waals surface area contributed by atoms with Crippen LogP contribution in [-0.4, -0.2) is 63.8 Å². The molecule has 2 N–H and O–H groups in total. The lowest BCUT2D eigenvalue weighted by atomic mass is 10.1. The monoisotopic (exact) mass is 350 g/mol. The van der Waals surface area contributed by atoms with Gasteiger partial charge in [-0.1, -0.05) is 12.1 Å². The molecule has 0 atom stereocenters. The Bertz CT molecular complexity index is 1110. The van der Waals surface area contributed by atoms with Crippen LogP contribution < -0.4 is 10.7 Å². The van der Waals surface area contributed by atoms with Crippen molar-refractivity contribution in [3.63, 3.8) is 0 Å². The van der Waals surface area contributed by atoms with E-state index in [1.54, 1.807) is 0 Å². The fourth-order valence-corrected chi connectivity index (χ4v) is 3.47. The number of aromatic nitrogens is 4. The van der Waals surface area contributed by atoms with Gasteiger partial charge in [0.1, 0.15) is 11.2 Å². The summed E-state index contributed by atoms with van der Waals surface area (Å²) in [4.78, 5) is 27.2. The van der Waals surface area contributed by atoms with Crippen LogP contribution in [0.15, 0.2) is 23.2 Å². The summed E-state index contributed by atoms with van der Waals surface area (Å²) in [6.45, 7) is 3.14. The van der Waals surface area contributed by atoms with Gasteiger partial charge in [-0.15, -0.1) is 0 Å². The number of H-pyrrole nitrogens is 2. The number of hydrogen-bond acceptors (Lipinski definition) is 5. The van der Waals surface area contributed by atoms with Crippen LogP contribution in [0.4, 0.5) is 0 Å². The second-order valence-electron chi connectivity index (χ2n) is 6.40. The Kier molecular flexibility index (Phi) is 3.56. The molecule has 26 heavy (non-hydrogen) atoms. The predicted molar refractivity (Wildman–Crippen MR) is 95.1 cm³/mol. The predicted octanol–water partition coefficient (Wildman–Crippen LogP) is 0.229. The maximum Gasteiger partial charge on any atom is 0.256 e. The van der Waals surface area contributed by atoms with Crippen molar-refractivity contribution in [1.29, 1.82) is 0 Å². The van der Waals surface area contributed by atoms with Gasteiger partial charge in [0.25, 0.3) is 5.91 Å². The summed E-state index contributed by atoms with van der Waals surface area (Å²) in [5.41, 5.74) is 3.62. The van der Waals surface area contributed by atoms with E-state index >= 15 is 0 Å². The van der Waals surface area contributed by atoms with Crippen molar-refractivity contribution in [2.24, 2.45) is 4.99 Å². The molecule has 2 aliphatic heterocycles. The first-order valence-electron chi connectivity index (χ1n) is 8.76. The summed E-state index contributed by atoms with van der Waals surface area (Å²) < 4.78 is 5.34. The highest BCUT2D eigenvalue weighted by molar-refractivity contribution is 6.05. The molecule has 132 valence electrons. The van der Waals surface area contributed by atoms with E-state index in [0.29, 0.717) is 43.2 Å². The number of amides is 1. The van der Waals surface area contributed by atoms with Crippen LogP contribution >= 0.6 is 0 Å². The van der Waals surface area contributed by atoms with Gasteiger partial charge in [0.15, 0.2) is 11.3 Å². The lowest BCUT2D eigenvalue weighted by Gasteiger charge is -2.26. The Labute approximate surface area is 148 Å². The third kappa shape index (κ3) is 2.41. The van der Waals surface area contributed by atoms with Crippen molar-refractivity contribution in [2.75, 3.05) is 32.8 Å². The molecule has 0 saturated carbocycles. The first-order chi connectivity index (χ1) is 12.8. The highest BCUT2D eigenvalue weighted by Gasteiger charge is 2.22. The normalized spacial score (nSPS) is 16.8. The number of hydrogen-bond donors (Lipinski definition) is 2. The van der Waals surface area contributed by atoms with E-state index < -0.39 is 0 Å². The minimum absolute atomic E-state index is 0.0115. The molecule has 1 saturated heterocycles. The van der Waals surface area contributed by atoms with Crippen LogP contribution in [0.2, 0.25) is 0 Å². The van der Waals surface area contributed by atoms with Gasteiger partial charge in [-0.25, -0.2) is 4.98 Å². The molecule has 8 nitrogen and oxygen atoms in total. The SMILES string of the molecule is O=C(c1cccc2[nH]c(-c3n[nH]c4c3=CCCN=4)nc12)N1CCOCC1. The van der Waals surface area contributed by atoms with E-state index in [2.05, 4.69) is 26.2 Å². The van der Waals surface area contributed by atoms with Gasteiger partial charge in [-0.05, 0) is 18.6 Å². The molecule has 1 fully saturated rings. The average molecular weight is 350 g/mol. The zero-order valence-corrected chi connectivity index (χ0v) is 14.2. The van der Waals surface area contributed by atoms with E-state index in [4.69, 9.17) is 9.72 Å². The van der Waals surface area contributed by atoms with E-state index in [0.717, 1.165) is 34.9 Å². The van der Waals surface area contributed by atoms with Crippen molar-refractivity contribution in [1.82, 2.24) is 25.1 Å². The van der Waals surface area contributed by atoms with Gasteiger partial charge in [-0.2, -0.15) is 5.10 Å². The number of carbonyl (C=O) groups excluding carboxylic acids is 1. The number of morpholine rings is 1. The van der Waals surface area contributed by atoms with E-state index in [-0.39, 0.29) is 5.91 Å². The number of rotatable bonds is 2. The highest BCUT2D eigenvalue weighted by atomic mass is 16.5. The maximum atomic E-state index is 12.9. The Balaban J connectivity index is 1.61. The molecule has 1 aromatic carbocycles. The number of ether oxygens (including phenoxy) is 1. The van der Waals surface area contributed by atoms with Crippen molar-refractivity contribution >= 4 is 23.0 Å². The maximum absolute atomic E-state index is 12.9. The summed E-state index contributed by atoms with van der Waals surface area (Å²) >= 11 is 0. The number of nitrogens with one attached hydrogen (secondary N) is 2. The molecule has 0 radical (unpaired) electrons. The number of carbonyl (C=O) groups is 1. The quantitative estimate of drug-likeness (QED) is 0.691. The number of imidazole rings is 1. The minimum atomic E-state index is -0.0115. The molecule has 2 aliphatic rings. The van der Waals surface area contributed by atoms with E-state index in [1.807, 2.05) is 23.1 Å². The number of benzene rings is 1. The second-order valence-corrected chi connectivity index (χ2v) is 6.40. The number of para-hydroxylation sites is 1. The standard InChI is InChI=1S/C18H18N6O2/c25-18(24-7-9-26-10-8-24)12-3-1-5-13-14(12)21-17(20-13)15-11-4-2-6-19-16(11)23-22-15/h1,3-5H,2,6-10H2,(H,19,23)(H,20,21). The van der Waals surface area contributed by atoms with Gasteiger partial charge in [0.2, 0.25) is 0 Å². The molecule has 5 rings (SSSR count). The van der Waals surface area contributed by atoms with Gasteiger partial charge in [-0.3, -0.25) is 14.9 Å². The third-order valence-corrected chi connectivity index (χ3v) is 4.80. The van der Waals surface area contributed by atoms with Crippen molar-refractivity contribution in [3.8, 4) is 11.5 Å². The molecule has 3 aromatic rings. The van der Waals surface area contributed by atoms with E-state index in [9.17, 15) is 4.79 Å². The fourth-order valence-electron chi connectivity index (χ4n) is 3.47. The zero-order valence-electron chi connectivity index (χ0n) is 14.2. The molecule has 2 aromatic heterocycles. The molecule has 0 spiro atoms. The molecular formula is C18H18N6O2. The molecule has 0 unspecified atom stereocenters. The molecule has 0 bridgehead atoms. The Morgan fingerprint density at radius 3 is 3.00 bits per heavy atom. The number of aromatic amines is 2. The molecular weight excluding hydrogens is 332 g/mol. The largest absolute Gasteiger partial charge is 0.378 e. The van der Waals surface area contributed by atoms with Crippen molar-refractivity contribution in [2.45, 2.75) is 6.42 Å². The second kappa shape index (κ2) is 6.06. The summed E-state index contributed by atoms with van der Waals surface area (Å²) in [5.74, 6) is 0.635. The summed E-state index contributed by atoms with van der Waals surface area (Å²) in [5, 5.41) is 8.30. The van der Waals surface area contributed by atoms with E-state index in [1.165, 1.54) is 0 Å². The van der Waals surface area contributed by atoms with Crippen LogP contribution in [0.3, 0.4) is 0 Å². The first-order valence-corrected chi connectivity index (χ1v) is 8.76. The Morgan fingerprint density at radius 2 is 2.12 bits per heavy atom. The third-order valence-electron chi connectivity index (χ3n) is 4.80. The molecule has 0 aliphatic carbocycles. The Hall–Kier alpha value is -3.00. The van der Waals surface area contributed by atoms with Crippen LogP contribution in [0.1, 0.15) is 16.8 Å². The topological polar surface area (TPSA) is 99.3 Å². The highest BCUT2D eigenvalue weighted by Crippen LogP contribution is 2.21. The Morgan fingerprint density at radius 1 is 1.23 bits per heavy atom. The average Bonchev–Trinajstić information content (AvgIpc) is 3.31. The van der Waals surface area contributed by atoms with Crippen molar-refractivity contribution < 1.29 is 9.53 Å². The lowest BCUT2D eigenvalue weighted by Crippen LogP contribution is -2.40. The summed E-state index contributed by atoms with van der Waals surface area (Å²) in [7, 11) is 0. The summed E-state index contributed by atoms with van der Waals surface area (Å²) in [6, 6.07) is 5.63. The van der Waals surface area contributed by atoms with Crippen molar-refractivity contribution in [3.05, 3.63) is 34.5 Å². The first kappa shape index (κ1) is 15.3. The summed E-state index contributed by atoms with van der Waals surface area (Å²) in [6.07, 6.45) is 3.01. The van der Waals surface area contributed by atoms with Gasteiger partial charge >= 0.3 is 0 Å². The molecule has 4 heterocycles. The minimum Gasteiger partial charge on any atom is -0.378 e. The van der Waals surface area contributed by atoms with Gasteiger partial charge in [0, 0.05) is 24.9 Å². The van der Waals surface area contributed by atoms with Gasteiger partial charge in [0.05, 0.1) is 24.3 Å². The molecule has 1 amide bonds. The van der Waals surface area contributed by atoms with Crippen LogP contribution in [0, 0.1) is 0 Å². The smallest absolute Gasteiger partial charge is 0.256 e. The fraction of sp³-hybridized carbons (Fsp3) is 0.333. The number of nitrogens with zero attached hydrogens (tertiary/aromatic N) is 4. The van der Waals surface area contributed by atoms with Crippen LogP contribution in [0.25, 0.3) is 28.6 Å². The molecule has 8 heteroatoms.